The van der Waals surface area contributed by atoms with E-state index in [0.29, 0.717) is 0 Å². The third-order valence-corrected chi connectivity index (χ3v) is 6.92. The molecule has 31 heavy (non-hydrogen) atoms. The molecule has 2 aliphatic heterocycles. The normalized spacial score (nSPS) is 17.6. The highest BCUT2D eigenvalue weighted by Gasteiger charge is 2.29. The van der Waals surface area contributed by atoms with Crippen molar-refractivity contribution in [2.75, 3.05) is 37.6 Å². The number of nitrogens with zero attached hydrogens (tertiary/aromatic N) is 3. The largest absolute Gasteiger partial charge is 0.483 e. The topological polar surface area (TPSA) is 94.0 Å². The summed E-state index contributed by atoms with van der Waals surface area (Å²) in [5, 5.41) is 17.1. The maximum absolute atomic E-state index is 8.36. The quantitative estimate of drug-likeness (QED) is 0.675. The summed E-state index contributed by atoms with van der Waals surface area (Å²) in [7, 11) is 0. The van der Waals surface area contributed by atoms with Gasteiger partial charge >= 0.3 is 0 Å². The first-order chi connectivity index (χ1) is 15.2. The number of benzene rings is 1. The van der Waals surface area contributed by atoms with E-state index >= 15 is 0 Å². The molecule has 1 aromatic carbocycles. The van der Waals surface area contributed by atoms with Crippen LogP contribution in [0.15, 0.2) is 41.9 Å². The maximum atomic E-state index is 8.36. The average Bonchev–Trinajstić information content (AvgIpc) is 3.35. The second kappa shape index (κ2) is 14.5. The number of piperidine rings is 2. The van der Waals surface area contributed by atoms with Crippen molar-refractivity contribution in [1.29, 1.82) is 0 Å². The van der Waals surface area contributed by atoms with Crippen molar-refractivity contribution in [1.82, 2.24) is 9.88 Å². The zero-order chi connectivity index (χ0) is 22.3. The maximum Gasteiger partial charge on any atom is 0.290 e. The fourth-order valence-corrected chi connectivity index (χ4v) is 5.21. The lowest BCUT2D eigenvalue weighted by molar-refractivity contribution is -0.123. The third kappa shape index (κ3) is 8.67. The van der Waals surface area contributed by atoms with Crippen molar-refractivity contribution in [2.24, 2.45) is 11.8 Å². The van der Waals surface area contributed by atoms with Crippen LogP contribution < -0.4 is 4.90 Å². The van der Waals surface area contributed by atoms with E-state index in [0.717, 1.165) is 11.8 Å². The molecule has 170 valence electrons. The molecule has 2 aliphatic rings. The summed E-state index contributed by atoms with van der Waals surface area (Å²) in [6.45, 7) is 5.71. The van der Waals surface area contributed by atoms with Gasteiger partial charge in [0.15, 0.2) is 5.13 Å². The number of likely N-dealkylation sites (tertiary alicyclic amines) is 1. The molecule has 2 aromatic rings. The van der Waals surface area contributed by atoms with E-state index in [2.05, 4.69) is 50.5 Å². The number of carbonyl (C=O) groups is 2. The zero-order valence-corrected chi connectivity index (χ0v) is 18.7. The van der Waals surface area contributed by atoms with Crippen molar-refractivity contribution >= 4 is 29.4 Å². The number of aromatic nitrogens is 1. The van der Waals surface area contributed by atoms with Gasteiger partial charge in [0.05, 0.1) is 0 Å². The molecule has 2 N–H and O–H groups in total. The van der Waals surface area contributed by atoms with Crippen LogP contribution in [-0.4, -0.2) is 65.8 Å². The Morgan fingerprint density at radius 3 is 2.00 bits per heavy atom. The molecule has 0 atom stereocenters. The molecular formula is C23H33N3O4S. The summed E-state index contributed by atoms with van der Waals surface area (Å²) in [6, 6.07) is 10.9. The molecule has 0 unspecified atom stereocenters. The number of anilines is 1. The number of hydrogen-bond acceptors (Lipinski definition) is 6. The van der Waals surface area contributed by atoms with Gasteiger partial charge in [0, 0.05) is 31.2 Å². The van der Waals surface area contributed by atoms with Crippen molar-refractivity contribution in [3.63, 3.8) is 0 Å². The molecule has 1 aromatic heterocycles. The summed E-state index contributed by atoms with van der Waals surface area (Å²) in [5.41, 5.74) is 1.47. The first-order valence-corrected chi connectivity index (χ1v) is 11.7. The molecule has 8 heteroatoms. The molecule has 4 rings (SSSR count). The second-order valence-corrected chi connectivity index (χ2v) is 8.64. The van der Waals surface area contributed by atoms with E-state index in [1.54, 1.807) is 11.3 Å². The predicted octanol–water partition coefficient (Wildman–Crippen LogP) is 3.72. The van der Waals surface area contributed by atoms with Crippen LogP contribution in [0.5, 0.6) is 0 Å². The summed E-state index contributed by atoms with van der Waals surface area (Å²) < 4.78 is 0. The van der Waals surface area contributed by atoms with Crippen LogP contribution in [0.4, 0.5) is 5.13 Å². The molecule has 3 heterocycles. The molecular weight excluding hydrogens is 414 g/mol. The molecule has 0 aliphatic carbocycles. The van der Waals surface area contributed by atoms with Gasteiger partial charge in [0.1, 0.15) is 0 Å². The van der Waals surface area contributed by atoms with E-state index < -0.39 is 0 Å². The van der Waals surface area contributed by atoms with Crippen LogP contribution in [0.2, 0.25) is 0 Å². The van der Waals surface area contributed by atoms with Gasteiger partial charge in [-0.05, 0) is 62.6 Å². The predicted molar refractivity (Wildman–Crippen MR) is 124 cm³/mol. The standard InChI is InChI=1S/C21H29N3S.2CH2O2/c1-2-4-18(5-3-1)6-12-23-13-7-19(8-14-23)20-9-15-24(16-10-20)21-22-11-17-25-21;2*2-1-3/h1-5,11,17,19-20H,6-10,12-16H2;2*1H,(H,2,3). The number of thiazole rings is 1. The highest BCUT2D eigenvalue weighted by atomic mass is 32.1. The minimum Gasteiger partial charge on any atom is -0.483 e. The van der Waals surface area contributed by atoms with Crippen molar-refractivity contribution in [2.45, 2.75) is 32.1 Å². The van der Waals surface area contributed by atoms with Gasteiger partial charge in [-0.1, -0.05) is 30.3 Å². The van der Waals surface area contributed by atoms with Crippen LogP contribution in [0.3, 0.4) is 0 Å². The van der Waals surface area contributed by atoms with Gasteiger partial charge in [-0.15, -0.1) is 11.3 Å². The Labute approximate surface area is 188 Å². The van der Waals surface area contributed by atoms with Gasteiger partial charge in [0.2, 0.25) is 0 Å². The van der Waals surface area contributed by atoms with Gasteiger partial charge in [-0.25, -0.2) is 4.98 Å². The molecule has 2 saturated heterocycles. The Bertz CT molecular complexity index is 708. The third-order valence-electron chi connectivity index (χ3n) is 6.09. The number of carboxylic acid groups (broad SMARTS) is 2. The van der Waals surface area contributed by atoms with Crippen LogP contribution in [0.25, 0.3) is 0 Å². The van der Waals surface area contributed by atoms with Gasteiger partial charge in [-0.2, -0.15) is 0 Å². The Kier molecular flexibility index (Phi) is 11.6. The highest BCUT2D eigenvalue weighted by molar-refractivity contribution is 7.13. The summed E-state index contributed by atoms with van der Waals surface area (Å²) in [6.07, 6.45) is 8.63. The number of rotatable bonds is 5. The van der Waals surface area contributed by atoms with Crippen molar-refractivity contribution in [3.05, 3.63) is 47.5 Å². The van der Waals surface area contributed by atoms with Crippen molar-refractivity contribution in [3.8, 4) is 0 Å². The van der Waals surface area contributed by atoms with E-state index in [-0.39, 0.29) is 12.9 Å². The lowest BCUT2D eigenvalue weighted by atomic mass is 9.79. The van der Waals surface area contributed by atoms with E-state index in [9.17, 15) is 0 Å². The summed E-state index contributed by atoms with van der Waals surface area (Å²) in [5.74, 6) is 1.89. The molecule has 0 amide bonds. The number of hydrogen-bond donors (Lipinski definition) is 2. The molecule has 7 nitrogen and oxygen atoms in total. The summed E-state index contributed by atoms with van der Waals surface area (Å²) >= 11 is 1.78. The first-order valence-electron chi connectivity index (χ1n) is 10.8. The minimum atomic E-state index is -0.250. The first kappa shape index (κ1) is 24.8. The average molecular weight is 448 g/mol. The van der Waals surface area contributed by atoms with Gasteiger partial charge in [0.25, 0.3) is 12.9 Å². The van der Waals surface area contributed by atoms with Crippen LogP contribution in [0.1, 0.15) is 31.2 Å². The molecule has 2 fully saturated rings. The SMILES string of the molecule is O=CO.O=CO.c1ccc(CCN2CCC(C3CCN(c4nccs4)CC3)CC2)cc1. The Hall–Kier alpha value is -2.45. The van der Waals surface area contributed by atoms with Crippen LogP contribution in [-0.2, 0) is 16.0 Å². The summed E-state index contributed by atoms with van der Waals surface area (Å²) in [4.78, 5) is 26.3. The smallest absolute Gasteiger partial charge is 0.290 e. The van der Waals surface area contributed by atoms with E-state index in [4.69, 9.17) is 19.8 Å². The molecule has 0 bridgehead atoms. The lowest BCUT2D eigenvalue weighted by Crippen LogP contribution is -2.41. The van der Waals surface area contributed by atoms with Crippen LogP contribution >= 0.6 is 11.3 Å². The lowest BCUT2D eigenvalue weighted by Gasteiger charge is -2.40. The van der Waals surface area contributed by atoms with Crippen molar-refractivity contribution < 1.29 is 19.8 Å². The van der Waals surface area contributed by atoms with Gasteiger partial charge in [-0.3, -0.25) is 9.59 Å². The van der Waals surface area contributed by atoms with E-state index in [1.807, 2.05) is 6.20 Å². The Morgan fingerprint density at radius 2 is 1.48 bits per heavy atom. The highest BCUT2D eigenvalue weighted by Crippen LogP contribution is 2.34. The fraction of sp³-hybridized carbons (Fsp3) is 0.522. The van der Waals surface area contributed by atoms with E-state index in [1.165, 1.54) is 75.5 Å². The fourth-order valence-electron chi connectivity index (χ4n) is 4.51. The second-order valence-electron chi connectivity index (χ2n) is 7.76. The van der Waals surface area contributed by atoms with Crippen LogP contribution in [0, 0.1) is 11.8 Å². The molecule has 0 radical (unpaired) electrons. The zero-order valence-electron chi connectivity index (χ0n) is 17.9. The Morgan fingerprint density at radius 1 is 0.935 bits per heavy atom. The molecule has 0 saturated carbocycles. The molecule has 0 spiro atoms. The van der Waals surface area contributed by atoms with Gasteiger partial charge < -0.3 is 20.0 Å². The Balaban J connectivity index is 0.000000513. The minimum absolute atomic E-state index is 0.250. The monoisotopic (exact) mass is 447 g/mol.